The Labute approximate surface area is 154 Å². The number of nitrogens with zero attached hydrogens (tertiary/aromatic N) is 1. The molecule has 0 spiro atoms. The number of anilines is 2. The van der Waals surface area contributed by atoms with Gasteiger partial charge in [0.15, 0.2) is 0 Å². The van der Waals surface area contributed by atoms with Crippen LogP contribution in [0.1, 0.15) is 34.7 Å². The highest BCUT2D eigenvalue weighted by molar-refractivity contribution is 7.17. The molecule has 6 nitrogen and oxygen atoms in total. The van der Waals surface area contributed by atoms with Crippen LogP contribution < -0.4 is 16.4 Å². The van der Waals surface area contributed by atoms with Crippen LogP contribution in [0.3, 0.4) is 0 Å². The molecule has 0 bridgehead atoms. The monoisotopic (exact) mass is 366 g/mol. The van der Waals surface area contributed by atoms with Crippen molar-refractivity contribution in [3.8, 4) is 0 Å². The fourth-order valence-electron chi connectivity index (χ4n) is 3.32. The summed E-state index contributed by atoms with van der Waals surface area (Å²) in [5.74, 6) is -0.503. The van der Waals surface area contributed by atoms with Gasteiger partial charge in [0.25, 0.3) is 0 Å². The number of benzene rings is 2. The molecule has 0 radical (unpaired) electrons. The second-order valence-electron chi connectivity index (χ2n) is 6.28. The summed E-state index contributed by atoms with van der Waals surface area (Å²) in [6.07, 6.45) is 1.62. The lowest BCUT2D eigenvalue weighted by Crippen LogP contribution is -2.13. The molecule has 0 saturated carbocycles. The Morgan fingerprint density at radius 3 is 2.81 bits per heavy atom. The predicted molar refractivity (Wildman–Crippen MR) is 104 cm³/mol. The molecule has 0 saturated heterocycles. The number of thiazole rings is 1. The molecule has 26 heavy (non-hydrogen) atoms. The zero-order chi connectivity index (χ0) is 18.1. The molecule has 132 valence electrons. The van der Waals surface area contributed by atoms with Gasteiger partial charge in [0.2, 0.25) is 11.8 Å². The maximum Gasteiger partial charge on any atom is 0.248 e. The molecule has 7 heteroatoms. The van der Waals surface area contributed by atoms with Crippen molar-refractivity contribution < 1.29 is 9.59 Å². The van der Waals surface area contributed by atoms with Crippen molar-refractivity contribution in [1.82, 2.24) is 4.98 Å². The third kappa shape index (κ3) is 3.01. The first-order valence-electron chi connectivity index (χ1n) is 8.44. The smallest absolute Gasteiger partial charge is 0.248 e. The minimum atomic E-state index is -0.433. The summed E-state index contributed by atoms with van der Waals surface area (Å²) in [6, 6.07) is 11.0. The van der Waals surface area contributed by atoms with Gasteiger partial charge < -0.3 is 16.4 Å². The average Bonchev–Trinajstić information content (AvgIpc) is 3.22. The number of hydrogen-bond donors (Lipinski definition) is 3. The molecule has 3 aromatic rings. The van der Waals surface area contributed by atoms with Gasteiger partial charge in [-0.2, -0.15) is 0 Å². The lowest BCUT2D eigenvalue weighted by molar-refractivity contribution is -0.117. The van der Waals surface area contributed by atoms with Crippen molar-refractivity contribution in [2.45, 2.75) is 18.8 Å². The topological polar surface area (TPSA) is 97.1 Å². The SMILES string of the molecule is NC(=O)c1ccc(NCCCC2C(=O)Nc3ccc4ncsc4c32)cc1. The molecule has 2 amide bonds. The summed E-state index contributed by atoms with van der Waals surface area (Å²) >= 11 is 1.58. The maximum absolute atomic E-state index is 12.4. The van der Waals surface area contributed by atoms with Gasteiger partial charge in [0, 0.05) is 29.0 Å². The van der Waals surface area contributed by atoms with Crippen molar-refractivity contribution >= 4 is 44.7 Å². The molecule has 4 N–H and O–H groups in total. The Balaban J connectivity index is 1.39. The third-order valence-electron chi connectivity index (χ3n) is 4.63. The Morgan fingerprint density at radius 2 is 2.04 bits per heavy atom. The van der Waals surface area contributed by atoms with Crippen molar-refractivity contribution in [2.24, 2.45) is 5.73 Å². The van der Waals surface area contributed by atoms with Gasteiger partial charge in [0.1, 0.15) is 0 Å². The molecular formula is C19H18N4O2S. The molecule has 1 unspecified atom stereocenters. The minimum Gasteiger partial charge on any atom is -0.385 e. The van der Waals surface area contributed by atoms with Gasteiger partial charge in [-0.05, 0) is 49.2 Å². The van der Waals surface area contributed by atoms with Gasteiger partial charge in [0.05, 0.1) is 21.6 Å². The van der Waals surface area contributed by atoms with E-state index in [1.54, 1.807) is 23.5 Å². The van der Waals surface area contributed by atoms with E-state index < -0.39 is 5.91 Å². The number of nitrogens with one attached hydrogen (secondary N) is 2. The van der Waals surface area contributed by atoms with Crippen LogP contribution in [0.25, 0.3) is 10.2 Å². The first-order chi connectivity index (χ1) is 12.6. The fraction of sp³-hybridized carbons (Fsp3) is 0.211. The van der Waals surface area contributed by atoms with E-state index in [4.69, 9.17) is 5.73 Å². The first-order valence-corrected chi connectivity index (χ1v) is 9.32. The van der Waals surface area contributed by atoms with Crippen molar-refractivity contribution in [2.75, 3.05) is 17.2 Å². The highest BCUT2D eigenvalue weighted by atomic mass is 32.1. The van der Waals surface area contributed by atoms with Gasteiger partial charge in [-0.1, -0.05) is 0 Å². The van der Waals surface area contributed by atoms with Crippen LogP contribution in [-0.2, 0) is 4.79 Å². The molecule has 1 aromatic heterocycles. The normalized spacial score (nSPS) is 15.7. The third-order valence-corrected chi connectivity index (χ3v) is 5.50. The molecule has 0 aliphatic carbocycles. The number of hydrogen-bond acceptors (Lipinski definition) is 5. The van der Waals surface area contributed by atoms with Gasteiger partial charge >= 0.3 is 0 Å². The molecule has 1 aliphatic heterocycles. The number of nitrogens with two attached hydrogens (primary N) is 1. The van der Waals surface area contributed by atoms with E-state index in [1.165, 1.54) is 0 Å². The van der Waals surface area contributed by atoms with Gasteiger partial charge in [-0.15, -0.1) is 11.3 Å². The number of primary amides is 1. The fourth-order valence-corrected chi connectivity index (χ4v) is 4.21. The van der Waals surface area contributed by atoms with Gasteiger partial charge in [-0.3, -0.25) is 9.59 Å². The van der Waals surface area contributed by atoms with E-state index in [-0.39, 0.29) is 11.8 Å². The standard InChI is InChI=1S/C19H18N4O2S/c20-18(24)11-3-5-12(6-4-11)21-9-1-2-13-16-14(23-19(13)25)7-8-15-17(16)26-10-22-15/h3-8,10,13,21H,1-2,9H2,(H2,20,24)(H,23,25). The Hall–Kier alpha value is -2.93. The number of aromatic nitrogens is 1. The summed E-state index contributed by atoms with van der Waals surface area (Å²) in [7, 11) is 0. The zero-order valence-electron chi connectivity index (χ0n) is 14.0. The molecule has 4 rings (SSSR count). The van der Waals surface area contributed by atoms with Crippen LogP contribution in [0.4, 0.5) is 11.4 Å². The highest BCUT2D eigenvalue weighted by Crippen LogP contribution is 2.41. The molecule has 2 heterocycles. The Morgan fingerprint density at radius 1 is 1.23 bits per heavy atom. The predicted octanol–water partition coefficient (Wildman–Crippen LogP) is 3.32. The van der Waals surface area contributed by atoms with Crippen molar-refractivity contribution in [1.29, 1.82) is 0 Å². The maximum atomic E-state index is 12.4. The van der Waals surface area contributed by atoms with Crippen LogP contribution in [0.2, 0.25) is 0 Å². The molecular weight excluding hydrogens is 348 g/mol. The number of carbonyl (C=O) groups excluding carboxylic acids is 2. The van der Waals surface area contributed by atoms with Crippen molar-refractivity contribution in [3.63, 3.8) is 0 Å². The number of rotatable bonds is 6. The largest absolute Gasteiger partial charge is 0.385 e. The molecule has 2 aromatic carbocycles. The van der Waals surface area contributed by atoms with Crippen molar-refractivity contribution in [3.05, 3.63) is 53.0 Å². The van der Waals surface area contributed by atoms with E-state index >= 15 is 0 Å². The minimum absolute atomic E-state index is 0.0618. The summed E-state index contributed by atoms with van der Waals surface area (Å²) in [5.41, 5.74) is 11.4. The summed E-state index contributed by atoms with van der Waals surface area (Å²) < 4.78 is 1.10. The molecule has 1 aliphatic rings. The Kier molecular flexibility index (Phi) is 4.30. The lowest BCUT2D eigenvalue weighted by Gasteiger charge is -2.11. The van der Waals surface area contributed by atoms with E-state index in [0.29, 0.717) is 5.56 Å². The first kappa shape index (κ1) is 16.5. The quantitative estimate of drug-likeness (QED) is 0.583. The zero-order valence-corrected chi connectivity index (χ0v) is 14.8. The lowest BCUT2D eigenvalue weighted by atomic mass is 9.95. The summed E-state index contributed by atoms with van der Waals surface area (Å²) in [6.45, 7) is 0.744. The summed E-state index contributed by atoms with van der Waals surface area (Å²) in [5, 5.41) is 6.29. The summed E-state index contributed by atoms with van der Waals surface area (Å²) in [4.78, 5) is 27.8. The van der Waals surface area contributed by atoms with Crippen LogP contribution in [0.5, 0.6) is 0 Å². The second kappa shape index (κ2) is 6.76. The number of amides is 2. The second-order valence-corrected chi connectivity index (χ2v) is 7.13. The molecule has 0 fully saturated rings. The van der Waals surface area contributed by atoms with E-state index in [0.717, 1.165) is 46.5 Å². The van der Waals surface area contributed by atoms with E-state index in [1.807, 2.05) is 29.8 Å². The number of carbonyl (C=O) groups is 2. The van der Waals surface area contributed by atoms with E-state index in [2.05, 4.69) is 15.6 Å². The Bertz CT molecular complexity index is 981. The molecule has 1 atom stereocenters. The number of fused-ring (bicyclic) bond motifs is 3. The highest BCUT2D eigenvalue weighted by Gasteiger charge is 2.32. The van der Waals surface area contributed by atoms with E-state index in [9.17, 15) is 9.59 Å². The van der Waals surface area contributed by atoms with Crippen LogP contribution in [0, 0.1) is 0 Å². The van der Waals surface area contributed by atoms with Crippen LogP contribution in [0.15, 0.2) is 41.9 Å². The van der Waals surface area contributed by atoms with Crippen LogP contribution >= 0.6 is 11.3 Å². The van der Waals surface area contributed by atoms with Gasteiger partial charge in [-0.25, -0.2) is 4.98 Å². The van der Waals surface area contributed by atoms with Crippen LogP contribution in [-0.4, -0.2) is 23.3 Å². The average molecular weight is 366 g/mol.